The van der Waals surface area contributed by atoms with Crippen LogP contribution in [-0.2, 0) is 0 Å². The minimum Gasteiger partial charge on any atom is -0.320 e. The third-order valence-electron chi connectivity index (χ3n) is 3.14. The van der Waals surface area contributed by atoms with Crippen molar-refractivity contribution in [1.29, 1.82) is 0 Å². The molecule has 0 bridgehead atoms. The van der Waals surface area contributed by atoms with Gasteiger partial charge in [0.05, 0.1) is 6.04 Å². The fourth-order valence-corrected chi connectivity index (χ4v) is 3.81. The van der Waals surface area contributed by atoms with Gasteiger partial charge in [-0.15, -0.1) is 11.3 Å². The van der Waals surface area contributed by atoms with E-state index in [1.165, 1.54) is 10.1 Å². The third kappa shape index (κ3) is 2.43. The summed E-state index contributed by atoms with van der Waals surface area (Å²) in [7, 11) is 0. The normalized spacial score (nSPS) is 12.8. The topological polar surface area (TPSA) is 26.0 Å². The predicted octanol–water partition coefficient (Wildman–Crippen LogP) is 5.37. The summed E-state index contributed by atoms with van der Waals surface area (Å²) in [5, 5.41) is 4.02. The molecule has 0 aliphatic heterocycles. The minimum atomic E-state index is -0.185. The Hall–Kier alpha value is -0.870. The molecule has 1 unspecified atom stereocenters. The summed E-state index contributed by atoms with van der Waals surface area (Å²) >= 11 is 11.3. The molecule has 1 heterocycles. The van der Waals surface area contributed by atoms with Crippen LogP contribution in [0.4, 0.5) is 0 Å². The first-order chi connectivity index (χ1) is 9.16. The minimum absolute atomic E-state index is 0.185. The Labute approximate surface area is 129 Å². The molecule has 0 radical (unpaired) electrons. The van der Waals surface area contributed by atoms with Crippen LogP contribution in [0.15, 0.2) is 52.3 Å². The zero-order valence-corrected chi connectivity index (χ0v) is 13.1. The monoisotopic (exact) mass is 351 g/mol. The van der Waals surface area contributed by atoms with Crippen LogP contribution in [0.5, 0.6) is 0 Å². The van der Waals surface area contributed by atoms with Gasteiger partial charge >= 0.3 is 0 Å². The van der Waals surface area contributed by atoms with Crippen molar-refractivity contribution in [2.24, 2.45) is 5.73 Å². The average molecular weight is 353 g/mol. The highest BCUT2D eigenvalue weighted by Crippen LogP contribution is 2.34. The second kappa shape index (κ2) is 5.25. The second-order valence-electron chi connectivity index (χ2n) is 4.33. The van der Waals surface area contributed by atoms with Gasteiger partial charge < -0.3 is 5.73 Å². The fraction of sp³-hybridized carbons (Fsp3) is 0.0667. The highest BCUT2D eigenvalue weighted by molar-refractivity contribution is 9.10. The summed E-state index contributed by atoms with van der Waals surface area (Å²) < 4.78 is 2.22. The molecule has 0 saturated heterocycles. The third-order valence-corrected chi connectivity index (χ3v) is 5.07. The maximum atomic E-state index is 6.43. The maximum Gasteiger partial charge on any atom is 0.0577 e. The molecular weight excluding hydrogens is 342 g/mol. The molecule has 3 aromatic rings. The molecule has 96 valence electrons. The number of fused-ring (bicyclic) bond motifs is 1. The van der Waals surface area contributed by atoms with Gasteiger partial charge in [0.1, 0.15) is 0 Å². The van der Waals surface area contributed by atoms with Crippen LogP contribution in [0.3, 0.4) is 0 Å². The Kier molecular flexibility index (Phi) is 3.63. The molecule has 4 heteroatoms. The van der Waals surface area contributed by atoms with Crippen molar-refractivity contribution in [1.82, 2.24) is 0 Å². The van der Waals surface area contributed by atoms with Crippen LogP contribution in [-0.4, -0.2) is 0 Å². The predicted molar refractivity (Wildman–Crippen MR) is 87.0 cm³/mol. The number of hydrogen-bond acceptors (Lipinski definition) is 2. The first kappa shape index (κ1) is 13.1. The van der Waals surface area contributed by atoms with Crippen LogP contribution < -0.4 is 5.73 Å². The van der Waals surface area contributed by atoms with E-state index in [9.17, 15) is 0 Å². The molecule has 1 nitrogen and oxygen atoms in total. The molecule has 19 heavy (non-hydrogen) atoms. The summed E-state index contributed by atoms with van der Waals surface area (Å²) in [6.07, 6.45) is 0. The van der Waals surface area contributed by atoms with E-state index in [4.69, 9.17) is 17.3 Å². The van der Waals surface area contributed by atoms with Crippen molar-refractivity contribution in [3.8, 4) is 0 Å². The Bertz CT molecular complexity index is 738. The van der Waals surface area contributed by atoms with E-state index in [2.05, 4.69) is 39.5 Å². The number of hydrogen-bond donors (Lipinski definition) is 1. The molecule has 0 aliphatic rings. The standard InChI is InChI=1S/C15H11BrClNS/c16-13-5-4-10(17)8-12(13)14(18)11-3-1-2-9-6-7-19-15(9)11/h1-8,14H,18H2. The summed E-state index contributed by atoms with van der Waals surface area (Å²) in [6.45, 7) is 0. The van der Waals surface area contributed by atoms with Crippen molar-refractivity contribution < 1.29 is 0 Å². The molecule has 1 aromatic heterocycles. The van der Waals surface area contributed by atoms with Gasteiger partial charge in [0.25, 0.3) is 0 Å². The van der Waals surface area contributed by atoms with E-state index in [0.717, 1.165) is 15.6 Å². The average Bonchev–Trinajstić information content (AvgIpc) is 2.89. The van der Waals surface area contributed by atoms with Gasteiger partial charge in [0.15, 0.2) is 0 Å². The van der Waals surface area contributed by atoms with E-state index in [1.807, 2.05) is 24.3 Å². The number of nitrogens with two attached hydrogens (primary N) is 1. The quantitative estimate of drug-likeness (QED) is 0.659. The lowest BCUT2D eigenvalue weighted by molar-refractivity contribution is 0.876. The van der Waals surface area contributed by atoms with E-state index in [0.29, 0.717) is 5.02 Å². The smallest absolute Gasteiger partial charge is 0.0577 e. The molecule has 0 amide bonds. The summed E-state index contributed by atoms with van der Waals surface area (Å²) in [5.41, 5.74) is 8.57. The van der Waals surface area contributed by atoms with Crippen molar-refractivity contribution in [3.63, 3.8) is 0 Å². The molecule has 2 aromatic carbocycles. The molecule has 2 N–H and O–H groups in total. The van der Waals surface area contributed by atoms with E-state index >= 15 is 0 Å². The van der Waals surface area contributed by atoms with Gasteiger partial charge in [0.2, 0.25) is 0 Å². The van der Waals surface area contributed by atoms with Crippen LogP contribution >= 0.6 is 38.9 Å². The first-order valence-electron chi connectivity index (χ1n) is 5.83. The van der Waals surface area contributed by atoms with Crippen LogP contribution in [0.1, 0.15) is 17.2 Å². The van der Waals surface area contributed by atoms with Crippen molar-refractivity contribution >= 4 is 49.0 Å². The molecule has 0 saturated carbocycles. The van der Waals surface area contributed by atoms with E-state index < -0.39 is 0 Å². The molecule has 3 rings (SSSR count). The SMILES string of the molecule is NC(c1cc(Cl)ccc1Br)c1cccc2ccsc12. The lowest BCUT2D eigenvalue weighted by atomic mass is 9.99. The fourth-order valence-electron chi connectivity index (χ4n) is 2.18. The molecule has 1 atom stereocenters. The largest absolute Gasteiger partial charge is 0.320 e. The van der Waals surface area contributed by atoms with Gasteiger partial charge in [0, 0.05) is 14.2 Å². The van der Waals surface area contributed by atoms with Crippen LogP contribution in [0.2, 0.25) is 5.02 Å². The van der Waals surface area contributed by atoms with E-state index in [1.54, 1.807) is 11.3 Å². The molecule has 0 aliphatic carbocycles. The van der Waals surface area contributed by atoms with Crippen LogP contribution in [0, 0.1) is 0 Å². The Morgan fingerprint density at radius 3 is 2.79 bits per heavy atom. The number of benzene rings is 2. The Morgan fingerprint density at radius 2 is 1.95 bits per heavy atom. The number of halogens is 2. The van der Waals surface area contributed by atoms with Gasteiger partial charge in [-0.25, -0.2) is 0 Å². The summed E-state index contributed by atoms with van der Waals surface area (Å²) in [5.74, 6) is 0. The first-order valence-corrected chi connectivity index (χ1v) is 7.88. The molecule has 0 spiro atoms. The highest BCUT2D eigenvalue weighted by atomic mass is 79.9. The van der Waals surface area contributed by atoms with Crippen molar-refractivity contribution in [2.45, 2.75) is 6.04 Å². The molecular formula is C15H11BrClNS. The Morgan fingerprint density at radius 1 is 1.11 bits per heavy atom. The van der Waals surface area contributed by atoms with Crippen molar-refractivity contribution in [2.75, 3.05) is 0 Å². The number of thiophene rings is 1. The zero-order chi connectivity index (χ0) is 13.4. The summed E-state index contributed by atoms with van der Waals surface area (Å²) in [4.78, 5) is 0. The maximum absolute atomic E-state index is 6.43. The van der Waals surface area contributed by atoms with Gasteiger partial charge in [-0.05, 0) is 46.2 Å². The lowest BCUT2D eigenvalue weighted by Gasteiger charge is -2.15. The second-order valence-corrected chi connectivity index (χ2v) is 6.54. The highest BCUT2D eigenvalue weighted by Gasteiger charge is 2.15. The number of rotatable bonds is 2. The van der Waals surface area contributed by atoms with Gasteiger partial charge in [-0.2, -0.15) is 0 Å². The van der Waals surface area contributed by atoms with Gasteiger partial charge in [-0.1, -0.05) is 45.7 Å². The van der Waals surface area contributed by atoms with E-state index in [-0.39, 0.29) is 6.04 Å². The molecule has 0 fully saturated rings. The van der Waals surface area contributed by atoms with Gasteiger partial charge in [-0.3, -0.25) is 0 Å². The zero-order valence-electron chi connectivity index (χ0n) is 9.94. The van der Waals surface area contributed by atoms with Crippen molar-refractivity contribution in [3.05, 3.63) is 68.5 Å². The Balaban J connectivity index is 2.15. The lowest BCUT2D eigenvalue weighted by Crippen LogP contribution is -2.12. The summed E-state index contributed by atoms with van der Waals surface area (Å²) in [6, 6.07) is 13.9. The van der Waals surface area contributed by atoms with Crippen LogP contribution in [0.25, 0.3) is 10.1 Å².